The second-order valence-corrected chi connectivity index (χ2v) is 11.9. The standard InChI is InChI=1S/C32H45N3O5/c1-22-19-25(36)20-23(2)26(22)21-27(34-30(39)40-31(3,4)5)28(37)35-32(16-10-7-11-17-32)29(38)33-18-12-15-24-13-8-6-9-14-24/h6,8-9,13-14,19-20,27,36H,7,10-12,15-18,21H2,1-5H3,(H,33,38)(H,34,39)(H,35,37). The molecule has 1 aliphatic carbocycles. The molecule has 0 heterocycles. The van der Waals surface area contributed by atoms with Crippen LogP contribution in [0.4, 0.5) is 4.79 Å². The van der Waals surface area contributed by atoms with Crippen molar-refractivity contribution in [2.75, 3.05) is 6.54 Å². The molecule has 1 atom stereocenters. The van der Waals surface area contributed by atoms with Crippen molar-refractivity contribution in [3.05, 3.63) is 64.7 Å². The predicted molar refractivity (Wildman–Crippen MR) is 156 cm³/mol. The summed E-state index contributed by atoms with van der Waals surface area (Å²) in [4.78, 5) is 40.1. The number of carbonyl (C=O) groups is 3. The van der Waals surface area contributed by atoms with E-state index in [2.05, 4.69) is 28.1 Å². The Balaban J connectivity index is 1.76. The van der Waals surface area contributed by atoms with Crippen molar-refractivity contribution in [2.45, 2.75) is 103 Å². The Morgan fingerprint density at radius 3 is 2.23 bits per heavy atom. The van der Waals surface area contributed by atoms with Gasteiger partial charge in [0.15, 0.2) is 0 Å². The maximum Gasteiger partial charge on any atom is 0.408 e. The molecule has 2 aromatic carbocycles. The molecular weight excluding hydrogens is 506 g/mol. The molecule has 1 aliphatic rings. The van der Waals surface area contributed by atoms with Crippen molar-refractivity contribution in [3.8, 4) is 5.75 Å². The summed E-state index contributed by atoms with van der Waals surface area (Å²) in [6.07, 6.45) is 4.89. The molecule has 4 N–H and O–H groups in total. The number of alkyl carbamates (subject to hydrolysis) is 1. The fourth-order valence-corrected chi connectivity index (χ4v) is 5.35. The van der Waals surface area contributed by atoms with Crippen LogP contribution in [0.25, 0.3) is 0 Å². The maximum absolute atomic E-state index is 13.8. The number of ether oxygens (including phenoxy) is 1. The van der Waals surface area contributed by atoms with E-state index in [1.54, 1.807) is 32.9 Å². The number of hydrogen-bond donors (Lipinski definition) is 4. The SMILES string of the molecule is Cc1cc(O)cc(C)c1CC(NC(=O)OC(C)(C)C)C(=O)NC1(C(=O)NCCCc2ccccc2)CCCCC1. The van der Waals surface area contributed by atoms with Gasteiger partial charge in [-0.05, 0) is 94.7 Å². The summed E-state index contributed by atoms with van der Waals surface area (Å²) in [7, 11) is 0. The number of aryl methyl sites for hydroxylation is 3. The molecule has 3 rings (SSSR count). The van der Waals surface area contributed by atoms with Gasteiger partial charge in [0.1, 0.15) is 22.9 Å². The second kappa shape index (κ2) is 13.7. The average Bonchev–Trinajstić information content (AvgIpc) is 2.87. The molecule has 0 bridgehead atoms. The van der Waals surface area contributed by atoms with E-state index in [0.717, 1.165) is 48.8 Å². The zero-order chi connectivity index (χ0) is 29.3. The Morgan fingerprint density at radius 2 is 1.62 bits per heavy atom. The number of benzene rings is 2. The lowest BCUT2D eigenvalue weighted by atomic mass is 9.80. The normalized spacial score (nSPS) is 15.5. The monoisotopic (exact) mass is 551 g/mol. The number of amides is 3. The number of carbonyl (C=O) groups excluding carboxylic acids is 3. The zero-order valence-corrected chi connectivity index (χ0v) is 24.6. The number of phenols is 1. The number of nitrogens with one attached hydrogen (secondary N) is 3. The fraction of sp³-hybridized carbons (Fsp3) is 0.531. The minimum absolute atomic E-state index is 0.143. The largest absolute Gasteiger partial charge is 0.508 e. The molecule has 40 heavy (non-hydrogen) atoms. The van der Waals surface area contributed by atoms with Crippen molar-refractivity contribution in [1.82, 2.24) is 16.0 Å². The van der Waals surface area contributed by atoms with Crippen LogP contribution in [0, 0.1) is 13.8 Å². The molecule has 218 valence electrons. The first-order chi connectivity index (χ1) is 18.9. The van der Waals surface area contributed by atoms with Gasteiger partial charge < -0.3 is 25.8 Å². The molecule has 1 unspecified atom stereocenters. The van der Waals surface area contributed by atoms with Crippen LogP contribution in [-0.4, -0.2) is 46.7 Å². The van der Waals surface area contributed by atoms with Crippen LogP contribution in [0.2, 0.25) is 0 Å². The minimum Gasteiger partial charge on any atom is -0.508 e. The summed E-state index contributed by atoms with van der Waals surface area (Å²) in [5.74, 6) is -0.467. The predicted octanol–water partition coefficient (Wildman–Crippen LogP) is 5.01. The molecule has 0 saturated heterocycles. The van der Waals surface area contributed by atoms with Gasteiger partial charge in [-0.25, -0.2) is 4.79 Å². The van der Waals surface area contributed by atoms with Crippen molar-refractivity contribution in [3.63, 3.8) is 0 Å². The first kappa shape index (κ1) is 31.0. The van der Waals surface area contributed by atoms with Crippen LogP contribution in [0.5, 0.6) is 5.75 Å². The van der Waals surface area contributed by atoms with Crippen LogP contribution in [0.15, 0.2) is 42.5 Å². The van der Waals surface area contributed by atoms with Crippen molar-refractivity contribution in [1.29, 1.82) is 0 Å². The summed E-state index contributed by atoms with van der Waals surface area (Å²) in [6, 6.07) is 12.4. The average molecular weight is 552 g/mol. The van der Waals surface area contributed by atoms with E-state index in [1.807, 2.05) is 32.0 Å². The highest BCUT2D eigenvalue weighted by atomic mass is 16.6. The van der Waals surface area contributed by atoms with Crippen molar-refractivity contribution < 1.29 is 24.2 Å². The Hall–Kier alpha value is -3.55. The molecule has 3 amide bonds. The van der Waals surface area contributed by atoms with E-state index in [-0.39, 0.29) is 18.1 Å². The van der Waals surface area contributed by atoms with Crippen LogP contribution >= 0.6 is 0 Å². The highest BCUT2D eigenvalue weighted by molar-refractivity contribution is 5.94. The van der Waals surface area contributed by atoms with Crippen LogP contribution in [-0.2, 0) is 27.2 Å². The summed E-state index contributed by atoms with van der Waals surface area (Å²) in [6.45, 7) is 9.50. The summed E-state index contributed by atoms with van der Waals surface area (Å²) in [5.41, 5.74) is 1.91. The van der Waals surface area contributed by atoms with Gasteiger partial charge >= 0.3 is 6.09 Å². The smallest absolute Gasteiger partial charge is 0.408 e. The van der Waals surface area contributed by atoms with Gasteiger partial charge in [-0.15, -0.1) is 0 Å². The maximum atomic E-state index is 13.8. The lowest BCUT2D eigenvalue weighted by Crippen LogP contribution is -2.63. The number of hydrogen-bond acceptors (Lipinski definition) is 5. The van der Waals surface area contributed by atoms with Crippen LogP contribution < -0.4 is 16.0 Å². The van der Waals surface area contributed by atoms with Gasteiger partial charge in [0.05, 0.1) is 0 Å². The molecule has 2 aromatic rings. The Labute approximate surface area is 238 Å². The van der Waals surface area contributed by atoms with Gasteiger partial charge in [0.2, 0.25) is 11.8 Å². The third kappa shape index (κ3) is 9.00. The van der Waals surface area contributed by atoms with Gasteiger partial charge in [0.25, 0.3) is 0 Å². The zero-order valence-electron chi connectivity index (χ0n) is 24.6. The fourth-order valence-electron chi connectivity index (χ4n) is 5.35. The van der Waals surface area contributed by atoms with Crippen LogP contribution in [0.3, 0.4) is 0 Å². The van der Waals surface area contributed by atoms with Gasteiger partial charge in [-0.3, -0.25) is 9.59 Å². The molecule has 8 heteroatoms. The van der Waals surface area contributed by atoms with Gasteiger partial charge in [-0.1, -0.05) is 49.6 Å². The van der Waals surface area contributed by atoms with Crippen molar-refractivity contribution in [2.24, 2.45) is 0 Å². The van der Waals surface area contributed by atoms with E-state index in [0.29, 0.717) is 19.4 Å². The third-order valence-corrected chi connectivity index (χ3v) is 7.37. The van der Waals surface area contributed by atoms with E-state index in [9.17, 15) is 19.5 Å². The third-order valence-electron chi connectivity index (χ3n) is 7.37. The van der Waals surface area contributed by atoms with E-state index >= 15 is 0 Å². The van der Waals surface area contributed by atoms with Crippen molar-refractivity contribution >= 4 is 17.9 Å². The lowest BCUT2D eigenvalue weighted by molar-refractivity contribution is -0.136. The molecule has 0 aliphatic heterocycles. The van der Waals surface area contributed by atoms with E-state index < -0.39 is 29.2 Å². The Kier molecular flexibility index (Phi) is 10.6. The molecule has 0 radical (unpaired) electrons. The highest BCUT2D eigenvalue weighted by Gasteiger charge is 2.42. The summed E-state index contributed by atoms with van der Waals surface area (Å²) in [5, 5.41) is 18.8. The summed E-state index contributed by atoms with van der Waals surface area (Å²) < 4.78 is 5.45. The highest BCUT2D eigenvalue weighted by Crippen LogP contribution is 2.29. The Bertz CT molecular complexity index is 1140. The quantitative estimate of drug-likeness (QED) is 0.310. The van der Waals surface area contributed by atoms with Gasteiger partial charge in [0, 0.05) is 13.0 Å². The molecule has 1 saturated carbocycles. The number of aromatic hydroxyl groups is 1. The first-order valence-electron chi connectivity index (χ1n) is 14.3. The second-order valence-electron chi connectivity index (χ2n) is 11.9. The topological polar surface area (TPSA) is 117 Å². The van der Waals surface area contributed by atoms with E-state index in [4.69, 9.17) is 4.74 Å². The molecular formula is C32H45N3O5. The molecule has 0 aromatic heterocycles. The molecule has 0 spiro atoms. The minimum atomic E-state index is -1.03. The lowest BCUT2D eigenvalue weighted by Gasteiger charge is -2.38. The van der Waals surface area contributed by atoms with Crippen LogP contribution in [0.1, 0.15) is 81.5 Å². The van der Waals surface area contributed by atoms with E-state index in [1.165, 1.54) is 5.56 Å². The Morgan fingerprint density at radius 1 is 1.00 bits per heavy atom. The first-order valence-corrected chi connectivity index (χ1v) is 14.3. The van der Waals surface area contributed by atoms with Gasteiger partial charge in [-0.2, -0.15) is 0 Å². The molecule has 8 nitrogen and oxygen atoms in total. The molecule has 1 fully saturated rings. The number of phenolic OH excluding ortho intramolecular Hbond substituents is 1. The summed E-state index contributed by atoms with van der Waals surface area (Å²) >= 11 is 0. The number of rotatable bonds is 10.